The molecule has 0 aliphatic carbocycles. The average molecular weight is 253 g/mol. The Morgan fingerprint density at radius 3 is 2.88 bits per heavy atom. The molecule has 0 atom stereocenters. The van der Waals surface area contributed by atoms with E-state index >= 15 is 0 Å². The van der Waals surface area contributed by atoms with Crippen molar-refractivity contribution < 1.29 is 4.79 Å². The molecule has 0 radical (unpaired) electrons. The fourth-order valence-electron chi connectivity index (χ4n) is 1.13. The smallest absolute Gasteiger partial charge is 0.268 e. The number of thiazole rings is 1. The summed E-state index contributed by atoms with van der Waals surface area (Å²) in [6, 6.07) is 0. The number of thioether (sulfide) groups is 1. The highest BCUT2D eigenvalue weighted by Gasteiger charge is 2.16. The second-order valence-electron chi connectivity index (χ2n) is 3.47. The van der Waals surface area contributed by atoms with Gasteiger partial charge < -0.3 is 5.32 Å². The molecule has 84 valence electrons. The monoisotopic (exact) mass is 253 g/mol. The van der Waals surface area contributed by atoms with Gasteiger partial charge in [0, 0.05) is 5.75 Å². The molecule has 0 spiro atoms. The second-order valence-corrected chi connectivity index (χ2v) is 5.32. The van der Waals surface area contributed by atoms with Gasteiger partial charge in [0.2, 0.25) is 0 Å². The topological polar surface area (TPSA) is 54.4 Å². The number of nitrogens with one attached hydrogen (secondary N) is 1. The number of aromatic nitrogens is 1. The Morgan fingerprint density at radius 2 is 2.31 bits per heavy atom. The van der Waals surface area contributed by atoms with E-state index in [1.807, 2.05) is 13.8 Å². The Labute approximate surface area is 102 Å². The highest BCUT2D eigenvalue weighted by atomic mass is 32.2. The number of hydrogen-bond acceptors (Lipinski definition) is 5. The van der Waals surface area contributed by atoms with Gasteiger partial charge in [-0.2, -0.15) is 0 Å². The number of carbonyl (C=O) groups excluding carboxylic acids is 1. The largest absolute Gasteiger partial charge is 0.300 e. The minimum Gasteiger partial charge on any atom is -0.300 e. The first-order valence-electron chi connectivity index (χ1n) is 4.74. The first kappa shape index (κ1) is 11.3. The van der Waals surface area contributed by atoms with Gasteiger partial charge in [-0.15, -0.1) is 11.3 Å². The molecule has 2 heterocycles. The van der Waals surface area contributed by atoms with Gasteiger partial charge in [-0.3, -0.25) is 9.78 Å². The van der Waals surface area contributed by atoms with Crippen LogP contribution < -0.4 is 5.32 Å². The number of allylic oxidation sites excluding steroid dienone is 1. The molecule has 0 saturated carbocycles. The van der Waals surface area contributed by atoms with Crippen molar-refractivity contribution in [1.29, 1.82) is 0 Å². The summed E-state index contributed by atoms with van der Waals surface area (Å²) < 4.78 is 0. The zero-order valence-electron chi connectivity index (χ0n) is 8.98. The van der Waals surface area contributed by atoms with Gasteiger partial charge >= 0.3 is 0 Å². The van der Waals surface area contributed by atoms with Crippen molar-refractivity contribution in [3.8, 4) is 0 Å². The predicted octanol–water partition coefficient (Wildman–Crippen LogP) is 2.27. The number of nitrogens with zero attached hydrogens (tertiary/aromatic N) is 2. The van der Waals surface area contributed by atoms with E-state index in [0.29, 0.717) is 10.0 Å². The van der Waals surface area contributed by atoms with Crippen LogP contribution in [0.5, 0.6) is 0 Å². The third kappa shape index (κ3) is 2.51. The maximum atomic E-state index is 11.7. The molecule has 1 amide bonds. The number of amidine groups is 1. The molecular weight excluding hydrogens is 242 g/mol. The maximum absolute atomic E-state index is 11.7. The van der Waals surface area contributed by atoms with Crippen molar-refractivity contribution in [2.75, 3.05) is 5.75 Å². The van der Waals surface area contributed by atoms with Crippen molar-refractivity contribution >= 4 is 34.2 Å². The van der Waals surface area contributed by atoms with E-state index in [-0.39, 0.29) is 5.91 Å². The zero-order valence-corrected chi connectivity index (χ0v) is 10.6. The lowest BCUT2D eigenvalue weighted by Gasteiger charge is -1.99. The van der Waals surface area contributed by atoms with Gasteiger partial charge in [-0.05, 0) is 13.8 Å². The van der Waals surface area contributed by atoms with E-state index in [9.17, 15) is 4.79 Å². The molecule has 16 heavy (non-hydrogen) atoms. The summed E-state index contributed by atoms with van der Waals surface area (Å²) in [6.45, 7) is 4.04. The van der Waals surface area contributed by atoms with E-state index in [1.165, 1.54) is 16.9 Å². The summed E-state index contributed by atoms with van der Waals surface area (Å²) in [4.78, 5) is 20.5. The van der Waals surface area contributed by atoms with Crippen LogP contribution in [0.25, 0.3) is 0 Å². The fraction of sp³-hybridized carbons (Fsp3) is 0.300. The molecule has 0 aromatic carbocycles. The standard InChI is InChI=1S/C10H11N3OS2/c1-6(2)7-4-15-10(12-7)13-9(14)8-3-11-5-16-8/h3,5H,4H2,1-2H3,(H,12,13,14). The number of hydrogen-bond donors (Lipinski definition) is 1. The number of carbonyl (C=O) groups is 1. The van der Waals surface area contributed by atoms with Crippen LogP contribution in [-0.2, 0) is 0 Å². The Kier molecular flexibility index (Phi) is 3.40. The fourth-order valence-corrected chi connectivity index (χ4v) is 2.61. The van der Waals surface area contributed by atoms with E-state index in [0.717, 1.165) is 11.4 Å². The quantitative estimate of drug-likeness (QED) is 0.835. The molecule has 1 aromatic heterocycles. The van der Waals surface area contributed by atoms with E-state index in [1.54, 1.807) is 23.5 Å². The summed E-state index contributed by atoms with van der Waals surface area (Å²) in [5, 5.41) is 3.45. The van der Waals surface area contributed by atoms with Crippen molar-refractivity contribution in [3.63, 3.8) is 0 Å². The van der Waals surface area contributed by atoms with E-state index < -0.39 is 0 Å². The molecule has 2 rings (SSSR count). The first-order chi connectivity index (χ1) is 7.66. The van der Waals surface area contributed by atoms with Gasteiger partial charge in [0.25, 0.3) is 5.91 Å². The first-order valence-corrected chi connectivity index (χ1v) is 6.61. The van der Waals surface area contributed by atoms with Crippen LogP contribution in [0.2, 0.25) is 0 Å². The molecule has 4 nitrogen and oxygen atoms in total. The minimum atomic E-state index is -0.135. The van der Waals surface area contributed by atoms with Crippen LogP contribution in [-0.4, -0.2) is 21.8 Å². The number of amides is 1. The summed E-state index contributed by atoms with van der Waals surface area (Å²) in [7, 11) is 0. The van der Waals surface area contributed by atoms with Crippen molar-refractivity contribution in [1.82, 2.24) is 10.3 Å². The lowest BCUT2D eigenvalue weighted by molar-refractivity contribution is 0.0982. The lowest BCUT2D eigenvalue weighted by atomic mass is 10.3. The van der Waals surface area contributed by atoms with Crippen molar-refractivity contribution in [2.24, 2.45) is 4.99 Å². The molecular formula is C10H11N3OS2. The summed E-state index contributed by atoms with van der Waals surface area (Å²) >= 11 is 2.87. The van der Waals surface area contributed by atoms with Gasteiger partial charge in [-0.1, -0.05) is 17.3 Å². The highest BCUT2D eigenvalue weighted by Crippen LogP contribution is 2.22. The van der Waals surface area contributed by atoms with Crippen LogP contribution in [0.4, 0.5) is 0 Å². The molecule has 0 fully saturated rings. The number of rotatable bonds is 1. The average Bonchev–Trinajstić information content (AvgIpc) is 2.87. The van der Waals surface area contributed by atoms with Crippen LogP contribution in [0, 0.1) is 0 Å². The third-order valence-electron chi connectivity index (χ3n) is 2.04. The Bertz CT molecular complexity index is 458. The van der Waals surface area contributed by atoms with Crippen molar-refractivity contribution in [3.05, 3.63) is 27.9 Å². The van der Waals surface area contributed by atoms with Crippen LogP contribution >= 0.6 is 23.1 Å². The van der Waals surface area contributed by atoms with Gasteiger partial charge in [0.05, 0.1) is 17.4 Å². The molecule has 0 saturated heterocycles. The van der Waals surface area contributed by atoms with Crippen LogP contribution in [0.3, 0.4) is 0 Å². The van der Waals surface area contributed by atoms with Crippen LogP contribution in [0.15, 0.2) is 28.0 Å². The molecule has 6 heteroatoms. The van der Waals surface area contributed by atoms with Crippen LogP contribution in [0.1, 0.15) is 23.5 Å². The second kappa shape index (κ2) is 4.80. The molecule has 0 unspecified atom stereocenters. The van der Waals surface area contributed by atoms with Crippen molar-refractivity contribution in [2.45, 2.75) is 13.8 Å². The van der Waals surface area contributed by atoms with E-state index in [2.05, 4.69) is 15.3 Å². The Balaban J connectivity index is 2.05. The summed E-state index contributed by atoms with van der Waals surface area (Å²) in [5.74, 6) is 0.699. The molecule has 1 aliphatic heterocycles. The Morgan fingerprint density at radius 1 is 1.50 bits per heavy atom. The normalized spacial score (nSPS) is 14.9. The third-order valence-corrected chi connectivity index (χ3v) is 3.69. The van der Waals surface area contributed by atoms with E-state index in [4.69, 9.17) is 0 Å². The van der Waals surface area contributed by atoms with Gasteiger partial charge in [0.15, 0.2) is 5.17 Å². The summed E-state index contributed by atoms with van der Waals surface area (Å²) in [6.07, 6.45) is 1.56. The van der Waals surface area contributed by atoms with Gasteiger partial charge in [0.1, 0.15) is 4.88 Å². The molecule has 0 bridgehead atoms. The molecule has 1 aliphatic rings. The SMILES string of the molecule is CC(C)=C1CSC(NC(=O)c2cncs2)=N1. The Hall–Kier alpha value is -1.14. The lowest BCUT2D eigenvalue weighted by Crippen LogP contribution is -2.26. The molecule has 1 aromatic rings. The molecule has 1 N–H and O–H groups in total. The predicted molar refractivity (Wildman–Crippen MR) is 67.8 cm³/mol. The maximum Gasteiger partial charge on any atom is 0.268 e. The minimum absolute atomic E-state index is 0.135. The van der Waals surface area contributed by atoms with Gasteiger partial charge in [-0.25, -0.2) is 4.99 Å². The zero-order chi connectivity index (χ0) is 11.5. The highest BCUT2D eigenvalue weighted by molar-refractivity contribution is 8.14. The number of aliphatic imine (C=N–C) groups is 1. The summed E-state index contributed by atoms with van der Waals surface area (Å²) in [5.41, 5.74) is 3.87.